The summed E-state index contributed by atoms with van der Waals surface area (Å²) in [6.45, 7) is 3.74. The fraction of sp³-hybridized carbons (Fsp3) is 0.381. The van der Waals surface area contributed by atoms with Crippen molar-refractivity contribution in [1.82, 2.24) is 20.1 Å². The molecule has 0 bridgehead atoms. The average molecular weight is 445 g/mol. The minimum atomic E-state index is -0.362. The molecule has 0 atom stereocenters. The number of rotatable bonds is 9. The number of thioether (sulfide) groups is 1. The monoisotopic (exact) mass is 444 g/mol. The number of carbonyl (C=O) groups excluding carboxylic acids is 1. The molecule has 0 radical (unpaired) electrons. The summed E-state index contributed by atoms with van der Waals surface area (Å²) in [7, 11) is 3.11. The van der Waals surface area contributed by atoms with E-state index in [0.717, 1.165) is 22.1 Å². The van der Waals surface area contributed by atoms with Crippen molar-refractivity contribution in [3.8, 4) is 22.9 Å². The molecule has 1 aromatic carbocycles. The Balaban J connectivity index is 1.57. The van der Waals surface area contributed by atoms with Gasteiger partial charge in [0.15, 0.2) is 23.3 Å². The molecular formula is C21H24N4O5S. The van der Waals surface area contributed by atoms with E-state index in [-0.39, 0.29) is 24.9 Å². The number of ether oxygens (including phenoxy) is 3. The maximum atomic E-state index is 12.2. The molecule has 0 unspecified atom stereocenters. The quantitative estimate of drug-likeness (QED) is 0.276. The molecule has 31 heavy (non-hydrogen) atoms. The first-order valence-electron chi connectivity index (χ1n) is 9.53. The molecule has 0 spiro atoms. The van der Waals surface area contributed by atoms with Crippen LogP contribution in [0.1, 0.15) is 29.3 Å². The molecule has 9 nitrogen and oxygen atoms in total. The van der Waals surface area contributed by atoms with Crippen molar-refractivity contribution in [2.75, 3.05) is 20.5 Å². The van der Waals surface area contributed by atoms with Crippen LogP contribution in [0.15, 0.2) is 27.9 Å². The summed E-state index contributed by atoms with van der Waals surface area (Å²) in [6.07, 6.45) is 2.64. The van der Waals surface area contributed by atoms with Gasteiger partial charge in [0.2, 0.25) is 5.82 Å². The topological polar surface area (TPSA) is 109 Å². The standard InChI is InChI=1S/C21H24N4O5S/c1-12-15(13(2)23-21(22-12)31-5)7-9-19(26)29-11-18-24-20(25-30-18)14-6-8-16(27-3)17(10-14)28-4/h6,8,10H,7,9,11H2,1-5H3. The number of aromatic nitrogens is 4. The number of esters is 1. The molecule has 3 aromatic rings. The van der Waals surface area contributed by atoms with Gasteiger partial charge in [0.05, 0.1) is 14.2 Å². The van der Waals surface area contributed by atoms with Crippen molar-refractivity contribution >= 4 is 17.7 Å². The number of hydrogen-bond donors (Lipinski definition) is 0. The Morgan fingerprint density at radius 2 is 1.77 bits per heavy atom. The molecule has 2 aromatic heterocycles. The SMILES string of the molecule is COc1ccc(-c2noc(COC(=O)CCc3c(C)nc(SC)nc3C)n2)cc1OC. The Morgan fingerprint density at radius 3 is 2.42 bits per heavy atom. The van der Waals surface area contributed by atoms with Crippen molar-refractivity contribution in [2.24, 2.45) is 0 Å². The molecule has 0 amide bonds. The highest BCUT2D eigenvalue weighted by Gasteiger charge is 2.15. The second-order valence-corrected chi connectivity index (χ2v) is 7.38. The van der Waals surface area contributed by atoms with Crippen LogP contribution in [0.4, 0.5) is 0 Å². The zero-order chi connectivity index (χ0) is 22.4. The van der Waals surface area contributed by atoms with E-state index in [1.54, 1.807) is 32.4 Å². The van der Waals surface area contributed by atoms with Crippen LogP contribution in [0.2, 0.25) is 0 Å². The Kier molecular flexibility index (Phi) is 7.45. The van der Waals surface area contributed by atoms with E-state index in [1.165, 1.54) is 11.8 Å². The summed E-state index contributed by atoms with van der Waals surface area (Å²) in [5, 5.41) is 4.66. The summed E-state index contributed by atoms with van der Waals surface area (Å²) >= 11 is 1.49. The van der Waals surface area contributed by atoms with Crippen molar-refractivity contribution in [3.05, 3.63) is 41.0 Å². The van der Waals surface area contributed by atoms with Crippen LogP contribution in [0.25, 0.3) is 11.4 Å². The van der Waals surface area contributed by atoms with Gasteiger partial charge in [-0.05, 0) is 50.3 Å². The number of hydrogen-bond acceptors (Lipinski definition) is 10. The summed E-state index contributed by atoms with van der Waals surface area (Å²) in [6, 6.07) is 5.29. The summed E-state index contributed by atoms with van der Waals surface area (Å²) in [5.41, 5.74) is 3.41. The van der Waals surface area contributed by atoms with Crippen LogP contribution < -0.4 is 9.47 Å². The molecule has 0 saturated heterocycles. The van der Waals surface area contributed by atoms with Crippen LogP contribution in [0, 0.1) is 13.8 Å². The van der Waals surface area contributed by atoms with Crippen LogP contribution in [-0.4, -0.2) is 46.6 Å². The highest BCUT2D eigenvalue weighted by atomic mass is 32.2. The van der Waals surface area contributed by atoms with Gasteiger partial charge in [-0.3, -0.25) is 4.79 Å². The van der Waals surface area contributed by atoms with E-state index >= 15 is 0 Å². The molecule has 0 aliphatic carbocycles. The summed E-state index contributed by atoms with van der Waals surface area (Å²) < 4.78 is 21.0. The lowest BCUT2D eigenvalue weighted by Crippen LogP contribution is -2.09. The fourth-order valence-corrected chi connectivity index (χ4v) is 3.47. The van der Waals surface area contributed by atoms with Gasteiger partial charge in [0.1, 0.15) is 0 Å². The summed E-state index contributed by atoms with van der Waals surface area (Å²) in [5.74, 6) is 1.36. The lowest BCUT2D eigenvalue weighted by Gasteiger charge is -2.09. The van der Waals surface area contributed by atoms with Crippen LogP contribution in [0.5, 0.6) is 11.5 Å². The van der Waals surface area contributed by atoms with Gasteiger partial charge in [-0.1, -0.05) is 16.9 Å². The molecule has 0 aliphatic heterocycles. The highest BCUT2D eigenvalue weighted by Crippen LogP contribution is 2.31. The van der Waals surface area contributed by atoms with Crippen molar-refractivity contribution in [3.63, 3.8) is 0 Å². The Bertz CT molecular complexity index is 1050. The van der Waals surface area contributed by atoms with Gasteiger partial charge in [-0.2, -0.15) is 4.98 Å². The van der Waals surface area contributed by atoms with Crippen molar-refractivity contribution in [1.29, 1.82) is 0 Å². The smallest absolute Gasteiger partial charge is 0.306 e. The number of aryl methyl sites for hydroxylation is 2. The molecule has 10 heteroatoms. The van der Waals surface area contributed by atoms with E-state index < -0.39 is 0 Å². The van der Waals surface area contributed by atoms with E-state index in [2.05, 4.69) is 20.1 Å². The lowest BCUT2D eigenvalue weighted by molar-refractivity contribution is -0.145. The fourth-order valence-electron chi connectivity index (χ4n) is 3.01. The zero-order valence-corrected chi connectivity index (χ0v) is 18.9. The Morgan fingerprint density at radius 1 is 1.06 bits per heavy atom. The third-order valence-electron chi connectivity index (χ3n) is 4.63. The third kappa shape index (κ3) is 5.52. The van der Waals surface area contributed by atoms with Crippen molar-refractivity contribution in [2.45, 2.75) is 38.5 Å². The first kappa shape index (κ1) is 22.5. The second-order valence-electron chi connectivity index (χ2n) is 6.60. The van der Waals surface area contributed by atoms with E-state index in [4.69, 9.17) is 18.7 Å². The number of methoxy groups -OCH3 is 2. The number of benzene rings is 1. The zero-order valence-electron chi connectivity index (χ0n) is 18.1. The van der Waals surface area contributed by atoms with Crippen LogP contribution in [0.3, 0.4) is 0 Å². The summed E-state index contributed by atoms with van der Waals surface area (Å²) in [4.78, 5) is 25.3. The maximum Gasteiger partial charge on any atom is 0.306 e. The Labute approximate surface area is 184 Å². The van der Waals surface area contributed by atoms with E-state index in [1.807, 2.05) is 20.1 Å². The first-order chi connectivity index (χ1) is 14.9. The molecule has 0 saturated carbocycles. The predicted octanol–water partition coefficient (Wildman–Crippen LogP) is 3.56. The minimum absolute atomic E-state index is 0.0982. The molecule has 0 N–H and O–H groups in total. The van der Waals surface area contributed by atoms with Crippen LogP contribution in [-0.2, 0) is 22.6 Å². The van der Waals surface area contributed by atoms with E-state index in [0.29, 0.717) is 29.3 Å². The number of nitrogens with zero attached hydrogens (tertiary/aromatic N) is 4. The van der Waals surface area contributed by atoms with E-state index in [9.17, 15) is 4.79 Å². The molecule has 0 aliphatic rings. The molecule has 0 fully saturated rings. The molecule has 164 valence electrons. The van der Waals surface area contributed by atoms with Gasteiger partial charge in [-0.15, -0.1) is 0 Å². The average Bonchev–Trinajstić information content (AvgIpc) is 3.25. The van der Waals surface area contributed by atoms with Gasteiger partial charge >= 0.3 is 5.97 Å². The number of carbonyl (C=O) groups is 1. The normalized spacial score (nSPS) is 10.7. The third-order valence-corrected chi connectivity index (χ3v) is 5.18. The molecular weight excluding hydrogens is 420 g/mol. The van der Waals surface area contributed by atoms with Gasteiger partial charge in [0, 0.05) is 23.4 Å². The van der Waals surface area contributed by atoms with Gasteiger partial charge in [0.25, 0.3) is 5.89 Å². The van der Waals surface area contributed by atoms with Gasteiger partial charge in [-0.25, -0.2) is 9.97 Å². The maximum absolute atomic E-state index is 12.2. The molecule has 2 heterocycles. The second kappa shape index (κ2) is 10.3. The Hall–Kier alpha value is -3.14. The van der Waals surface area contributed by atoms with Gasteiger partial charge < -0.3 is 18.7 Å². The first-order valence-corrected chi connectivity index (χ1v) is 10.8. The highest BCUT2D eigenvalue weighted by molar-refractivity contribution is 7.98. The minimum Gasteiger partial charge on any atom is -0.493 e. The molecule has 3 rings (SSSR count). The van der Waals surface area contributed by atoms with Crippen molar-refractivity contribution < 1.29 is 23.5 Å². The largest absolute Gasteiger partial charge is 0.493 e. The predicted molar refractivity (Wildman–Crippen MR) is 114 cm³/mol. The van der Waals surface area contributed by atoms with Crippen LogP contribution >= 0.6 is 11.8 Å². The lowest BCUT2D eigenvalue weighted by atomic mass is 10.1.